The van der Waals surface area contributed by atoms with E-state index >= 15 is 0 Å². The van der Waals surface area contributed by atoms with Crippen LogP contribution in [0.25, 0.3) is 0 Å². The Kier molecular flexibility index (Phi) is 1.24. The Bertz CT molecular complexity index is 346. The smallest absolute Gasteiger partial charge is 0.0168 e. The molecule has 0 amide bonds. The monoisotopic (exact) mass is 204 g/mol. The quantitative estimate of drug-likeness (QED) is 0.557. The van der Waals surface area contributed by atoms with Crippen molar-refractivity contribution >= 4 is 0 Å². The zero-order valence-electron chi connectivity index (χ0n) is 10.6. The van der Waals surface area contributed by atoms with Crippen molar-refractivity contribution in [2.45, 2.75) is 53.4 Å². The Balaban J connectivity index is 1.87. The fourth-order valence-corrected chi connectivity index (χ4v) is 7.51. The molecule has 84 valence electrons. The zero-order valence-corrected chi connectivity index (χ0v) is 10.6. The first-order valence-electron chi connectivity index (χ1n) is 6.93. The van der Waals surface area contributed by atoms with Gasteiger partial charge >= 0.3 is 0 Å². The highest BCUT2D eigenvalue weighted by atomic mass is 14.9. The molecule has 7 unspecified atom stereocenters. The summed E-state index contributed by atoms with van der Waals surface area (Å²) in [5, 5.41) is 0. The maximum absolute atomic E-state index is 2.62. The average molecular weight is 204 g/mol. The molecule has 0 aromatic carbocycles. The standard InChI is InChI=1S/C15H24/c1-9-5-11-14(4)7-13(3)6-10(2)12(9)15(11,14)8-13/h9-12H,5-8H2,1-4H3. The van der Waals surface area contributed by atoms with E-state index in [0.717, 1.165) is 39.9 Å². The number of fused-ring (bicyclic) bond motifs is 2. The van der Waals surface area contributed by atoms with E-state index in [-0.39, 0.29) is 0 Å². The highest BCUT2D eigenvalue weighted by Gasteiger charge is 2.86. The molecule has 1 spiro atoms. The van der Waals surface area contributed by atoms with Crippen molar-refractivity contribution in [2.24, 2.45) is 39.9 Å². The summed E-state index contributed by atoms with van der Waals surface area (Å²) in [7, 11) is 0. The molecular formula is C15H24. The van der Waals surface area contributed by atoms with Crippen molar-refractivity contribution in [2.75, 3.05) is 0 Å². The minimum absolute atomic E-state index is 0.727. The highest BCUT2D eigenvalue weighted by molar-refractivity contribution is 5.34. The zero-order chi connectivity index (χ0) is 10.6. The minimum Gasteiger partial charge on any atom is -0.0622 e. The SMILES string of the molecule is CC1CC2C3(C)CC4(C)CC(C)C1C23C4. The van der Waals surface area contributed by atoms with Gasteiger partial charge in [-0.3, -0.25) is 0 Å². The van der Waals surface area contributed by atoms with Crippen LogP contribution in [0.5, 0.6) is 0 Å². The fraction of sp³-hybridized carbons (Fsp3) is 1.00. The number of rotatable bonds is 0. The van der Waals surface area contributed by atoms with Crippen LogP contribution in [0.4, 0.5) is 0 Å². The Morgan fingerprint density at radius 1 is 1.00 bits per heavy atom. The van der Waals surface area contributed by atoms with Crippen LogP contribution in [0.1, 0.15) is 53.4 Å². The maximum atomic E-state index is 2.62. The van der Waals surface area contributed by atoms with Gasteiger partial charge in [0, 0.05) is 0 Å². The van der Waals surface area contributed by atoms with E-state index in [2.05, 4.69) is 27.7 Å². The molecule has 4 saturated carbocycles. The summed E-state index contributed by atoms with van der Waals surface area (Å²) in [5.74, 6) is 4.25. The van der Waals surface area contributed by atoms with E-state index in [9.17, 15) is 0 Å². The second-order valence-corrected chi connectivity index (χ2v) is 8.09. The molecule has 2 bridgehead atoms. The minimum atomic E-state index is 0.727. The first-order chi connectivity index (χ1) is 6.93. The van der Waals surface area contributed by atoms with Crippen LogP contribution in [0.3, 0.4) is 0 Å². The number of hydrogen-bond donors (Lipinski definition) is 0. The van der Waals surface area contributed by atoms with Gasteiger partial charge in [0.2, 0.25) is 0 Å². The normalized spacial score (nSPS) is 74.4. The lowest BCUT2D eigenvalue weighted by atomic mass is 9.62. The van der Waals surface area contributed by atoms with Crippen molar-refractivity contribution in [3.05, 3.63) is 0 Å². The average Bonchev–Trinajstić information content (AvgIpc) is 2.39. The van der Waals surface area contributed by atoms with E-state index in [4.69, 9.17) is 0 Å². The van der Waals surface area contributed by atoms with Gasteiger partial charge in [-0.05, 0) is 65.6 Å². The Labute approximate surface area is 93.8 Å². The molecular weight excluding hydrogens is 180 g/mol. The number of hydrogen-bond acceptors (Lipinski definition) is 0. The fourth-order valence-electron chi connectivity index (χ4n) is 7.51. The molecule has 0 saturated heterocycles. The maximum Gasteiger partial charge on any atom is -0.0168 e. The van der Waals surface area contributed by atoms with Crippen molar-refractivity contribution < 1.29 is 0 Å². The molecule has 0 nitrogen and oxygen atoms in total. The molecule has 0 aromatic heterocycles. The van der Waals surface area contributed by atoms with Gasteiger partial charge in [0.05, 0.1) is 0 Å². The van der Waals surface area contributed by atoms with Gasteiger partial charge in [-0.15, -0.1) is 0 Å². The van der Waals surface area contributed by atoms with Crippen molar-refractivity contribution in [1.29, 1.82) is 0 Å². The summed E-state index contributed by atoms with van der Waals surface area (Å²) < 4.78 is 0. The summed E-state index contributed by atoms with van der Waals surface area (Å²) in [5.41, 5.74) is 2.34. The summed E-state index contributed by atoms with van der Waals surface area (Å²) in [6.45, 7) is 10.3. The van der Waals surface area contributed by atoms with E-state index < -0.39 is 0 Å². The summed E-state index contributed by atoms with van der Waals surface area (Å²) >= 11 is 0. The van der Waals surface area contributed by atoms with E-state index in [1.54, 1.807) is 19.3 Å². The predicted molar refractivity (Wildman–Crippen MR) is 62.4 cm³/mol. The van der Waals surface area contributed by atoms with Gasteiger partial charge in [-0.2, -0.15) is 0 Å². The van der Waals surface area contributed by atoms with Crippen LogP contribution < -0.4 is 0 Å². The Morgan fingerprint density at radius 3 is 2.47 bits per heavy atom. The van der Waals surface area contributed by atoms with Gasteiger partial charge in [0.15, 0.2) is 0 Å². The second-order valence-electron chi connectivity index (χ2n) is 8.09. The molecule has 0 heteroatoms. The summed E-state index contributed by atoms with van der Waals surface area (Å²) in [6, 6.07) is 0. The largest absolute Gasteiger partial charge is 0.0622 e. The summed E-state index contributed by atoms with van der Waals surface area (Å²) in [6.07, 6.45) is 6.21. The van der Waals surface area contributed by atoms with Crippen LogP contribution in [0, 0.1) is 39.9 Å². The first kappa shape index (κ1) is 9.07. The molecule has 0 aromatic rings. The van der Waals surface area contributed by atoms with Gasteiger partial charge in [-0.1, -0.05) is 27.7 Å². The van der Waals surface area contributed by atoms with E-state index in [0.29, 0.717) is 0 Å². The molecule has 15 heavy (non-hydrogen) atoms. The lowest BCUT2D eigenvalue weighted by Gasteiger charge is -2.43. The Hall–Kier alpha value is 0. The van der Waals surface area contributed by atoms with Gasteiger partial charge in [-0.25, -0.2) is 0 Å². The second kappa shape index (κ2) is 2.05. The Morgan fingerprint density at radius 2 is 1.73 bits per heavy atom. The van der Waals surface area contributed by atoms with Crippen molar-refractivity contribution in [1.82, 2.24) is 0 Å². The van der Waals surface area contributed by atoms with Gasteiger partial charge < -0.3 is 0 Å². The predicted octanol–water partition coefficient (Wildman–Crippen LogP) is 4.10. The topological polar surface area (TPSA) is 0 Å². The van der Waals surface area contributed by atoms with Crippen LogP contribution in [-0.4, -0.2) is 0 Å². The van der Waals surface area contributed by atoms with E-state index in [1.165, 1.54) is 6.42 Å². The first-order valence-corrected chi connectivity index (χ1v) is 6.93. The molecule has 4 aliphatic carbocycles. The third-order valence-corrected chi connectivity index (χ3v) is 7.13. The summed E-state index contributed by atoms with van der Waals surface area (Å²) in [4.78, 5) is 0. The van der Waals surface area contributed by atoms with E-state index in [1.807, 2.05) is 0 Å². The molecule has 0 N–H and O–H groups in total. The highest BCUT2D eigenvalue weighted by Crippen LogP contribution is 2.92. The van der Waals surface area contributed by atoms with Gasteiger partial charge in [0.25, 0.3) is 0 Å². The molecule has 4 aliphatic rings. The molecule has 4 rings (SSSR count). The van der Waals surface area contributed by atoms with Crippen LogP contribution in [-0.2, 0) is 0 Å². The molecule has 7 atom stereocenters. The molecule has 0 radical (unpaired) electrons. The lowest BCUT2D eigenvalue weighted by Crippen LogP contribution is -2.35. The van der Waals surface area contributed by atoms with Crippen LogP contribution in [0.2, 0.25) is 0 Å². The van der Waals surface area contributed by atoms with Gasteiger partial charge in [0.1, 0.15) is 0 Å². The third kappa shape index (κ3) is 0.691. The van der Waals surface area contributed by atoms with Crippen molar-refractivity contribution in [3.63, 3.8) is 0 Å². The molecule has 0 heterocycles. The lowest BCUT2D eigenvalue weighted by molar-refractivity contribution is 0.0605. The van der Waals surface area contributed by atoms with Crippen LogP contribution in [0.15, 0.2) is 0 Å². The third-order valence-electron chi connectivity index (χ3n) is 7.13. The molecule has 0 aliphatic heterocycles. The van der Waals surface area contributed by atoms with Crippen molar-refractivity contribution in [3.8, 4) is 0 Å². The van der Waals surface area contributed by atoms with Crippen LogP contribution >= 0.6 is 0 Å². The molecule has 4 fully saturated rings.